The Hall–Kier alpha value is -3.62. The smallest absolute Gasteiger partial charge is 0.261 e. The number of benzene rings is 3. The second-order valence-electron chi connectivity index (χ2n) is 9.05. The summed E-state index contributed by atoms with van der Waals surface area (Å²) in [6.07, 6.45) is 1.19. The molecule has 0 bridgehead atoms. The van der Waals surface area contributed by atoms with Crippen LogP contribution in [0.15, 0.2) is 88.2 Å². The molecule has 2 N–H and O–H groups in total. The van der Waals surface area contributed by atoms with Crippen LogP contribution in [-0.2, 0) is 18.7 Å². The molecule has 0 aliphatic heterocycles. The molecule has 4 aromatic rings. The fourth-order valence-electron chi connectivity index (χ4n) is 4.69. The highest BCUT2D eigenvalue weighted by atomic mass is 32.2. The van der Waals surface area contributed by atoms with Crippen molar-refractivity contribution in [3.8, 4) is 5.75 Å². The number of halogens is 1. The number of rotatable bonds is 8. The Labute approximate surface area is 229 Å². The Morgan fingerprint density at radius 3 is 2.53 bits per heavy atom. The SMILES string of the molecule is COc1ccc(C2C/C(=N\O)c3c(SCc4ccccc4)sc(C(=O)NCc4ccccc4F)c3C2)cc1. The van der Waals surface area contributed by atoms with E-state index >= 15 is 0 Å². The molecule has 194 valence electrons. The van der Waals surface area contributed by atoms with Gasteiger partial charge in [0.15, 0.2) is 0 Å². The number of ether oxygens (including phenoxy) is 1. The first-order chi connectivity index (χ1) is 18.6. The van der Waals surface area contributed by atoms with E-state index in [2.05, 4.69) is 22.6 Å². The Kier molecular flexibility index (Phi) is 8.10. The summed E-state index contributed by atoms with van der Waals surface area (Å²) in [6.45, 7) is 0.0908. The summed E-state index contributed by atoms with van der Waals surface area (Å²) in [4.78, 5) is 14.0. The Bertz CT molecular complexity index is 1450. The van der Waals surface area contributed by atoms with E-state index in [1.54, 1.807) is 37.1 Å². The van der Waals surface area contributed by atoms with Crippen molar-refractivity contribution in [1.82, 2.24) is 5.32 Å². The van der Waals surface area contributed by atoms with Gasteiger partial charge in [-0.1, -0.05) is 65.8 Å². The van der Waals surface area contributed by atoms with Gasteiger partial charge in [0.05, 0.1) is 21.9 Å². The van der Waals surface area contributed by atoms with Crippen molar-refractivity contribution in [2.24, 2.45) is 5.16 Å². The number of nitrogens with zero attached hydrogens (tertiary/aromatic N) is 1. The summed E-state index contributed by atoms with van der Waals surface area (Å²) in [5, 5.41) is 16.6. The lowest BCUT2D eigenvalue weighted by Crippen LogP contribution is -2.26. The normalized spacial score (nSPS) is 15.7. The molecule has 0 spiro atoms. The molecule has 1 amide bonds. The van der Waals surface area contributed by atoms with Crippen LogP contribution in [0, 0.1) is 5.82 Å². The van der Waals surface area contributed by atoms with E-state index in [4.69, 9.17) is 4.74 Å². The summed E-state index contributed by atoms with van der Waals surface area (Å²) in [5.74, 6) is 0.928. The van der Waals surface area contributed by atoms with E-state index < -0.39 is 0 Å². The largest absolute Gasteiger partial charge is 0.497 e. The zero-order valence-corrected chi connectivity index (χ0v) is 22.4. The van der Waals surface area contributed by atoms with Crippen molar-refractivity contribution < 1.29 is 19.1 Å². The van der Waals surface area contributed by atoms with Gasteiger partial charge in [-0.15, -0.1) is 23.1 Å². The predicted octanol–water partition coefficient (Wildman–Crippen LogP) is 7.03. The van der Waals surface area contributed by atoms with E-state index in [0.29, 0.717) is 29.0 Å². The molecule has 0 fully saturated rings. The van der Waals surface area contributed by atoms with Crippen LogP contribution in [0.1, 0.15) is 49.8 Å². The van der Waals surface area contributed by atoms with Gasteiger partial charge in [0, 0.05) is 29.8 Å². The van der Waals surface area contributed by atoms with Crippen LogP contribution in [0.4, 0.5) is 4.39 Å². The van der Waals surface area contributed by atoms with E-state index in [9.17, 15) is 14.4 Å². The van der Waals surface area contributed by atoms with Crippen LogP contribution >= 0.6 is 23.1 Å². The Morgan fingerprint density at radius 1 is 1.08 bits per heavy atom. The topological polar surface area (TPSA) is 70.9 Å². The summed E-state index contributed by atoms with van der Waals surface area (Å²) in [5.41, 5.74) is 4.97. The highest BCUT2D eigenvalue weighted by molar-refractivity contribution is 8.00. The zero-order valence-electron chi connectivity index (χ0n) is 20.8. The molecule has 1 aliphatic carbocycles. The van der Waals surface area contributed by atoms with Crippen LogP contribution in [-0.4, -0.2) is 23.9 Å². The molecule has 3 aromatic carbocycles. The molecular weight excluding hydrogens is 519 g/mol. The molecule has 1 unspecified atom stereocenters. The third-order valence-electron chi connectivity index (χ3n) is 6.68. The number of fused-ring (bicyclic) bond motifs is 1. The number of methoxy groups -OCH3 is 1. The maximum Gasteiger partial charge on any atom is 0.261 e. The maximum atomic E-state index is 14.2. The second kappa shape index (κ2) is 11.8. The average Bonchev–Trinajstić information content (AvgIpc) is 3.34. The first-order valence-electron chi connectivity index (χ1n) is 12.3. The van der Waals surface area contributed by atoms with Crippen molar-refractivity contribution in [2.45, 2.75) is 35.3 Å². The van der Waals surface area contributed by atoms with E-state index in [0.717, 1.165) is 32.4 Å². The number of thioether (sulfide) groups is 1. The summed E-state index contributed by atoms with van der Waals surface area (Å²) >= 11 is 3.04. The second-order valence-corrected chi connectivity index (χ2v) is 11.3. The van der Waals surface area contributed by atoms with Gasteiger partial charge in [0.25, 0.3) is 5.91 Å². The molecule has 1 atom stereocenters. The van der Waals surface area contributed by atoms with Gasteiger partial charge in [-0.25, -0.2) is 4.39 Å². The number of oxime groups is 1. The quantitative estimate of drug-likeness (QED) is 0.141. The number of carbonyl (C=O) groups excluding carboxylic acids is 1. The van der Waals surface area contributed by atoms with Gasteiger partial charge in [-0.3, -0.25) is 4.79 Å². The first-order valence-corrected chi connectivity index (χ1v) is 14.1. The molecule has 0 radical (unpaired) electrons. The van der Waals surface area contributed by atoms with Crippen LogP contribution in [0.25, 0.3) is 0 Å². The number of nitrogens with one attached hydrogen (secondary N) is 1. The summed E-state index contributed by atoms with van der Waals surface area (Å²) < 4.78 is 20.4. The summed E-state index contributed by atoms with van der Waals surface area (Å²) in [6, 6.07) is 24.4. The molecule has 5 nitrogen and oxygen atoms in total. The minimum atomic E-state index is -0.352. The van der Waals surface area contributed by atoms with E-state index in [1.807, 2.05) is 42.5 Å². The third-order valence-corrected chi connectivity index (χ3v) is 9.25. The number of hydrogen-bond donors (Lipinski definition) is 2. The van der Waals surface area contributed by atoms with Crippen molar-refractivity contribution in [1.29, 1.82) is 0 Å². The van der Waals surface area contributed by atoms with E-state index in [1.165, 1.54) is 23.0 Å². The zero-order chi connectivity index (χ0) is 26.5. The first kappa shape index (κ1) is 26.0. The number of hydrogen-bond acceptors (Lipinski definition) is 6. The fraction of sp³-hybridized carbons (Fsp3) is 0.200. The highest BCUT2D eigenvalue weighted by Gasteiger charge is 2.34. The molecule has 1 aliphatic rings. The van der Waals surface area contributed by atoms with Crippen LogP contribution in [0.5, 0.6) is 5.75 Å². The lowest BCUT2D eigenvalue weighted by molar-refractivity contribution is 0.0953. The van der Waals surface area contributed by atoms with Crippen LogP contribution in [0.3, 0.4) is 0 Å². The maximum absolute atomic E-state index is 14.2. The molecule has 5 rings (SSSR count). The lowest BCUT2D eigenvalue weighted by atomic mass is 9.80. The van der Waals surface area contributed by atoms with Gasteiger partial charge >= 0.3 is 0 Å². The van der Waals surface area contributed by atoms with Gasteiger partial charge in [0.1, 0.15) is 11.6 Å². The third kappa shape index (κ3) is 5.61. The van der Waals surface area contributed by atoms with Crippen LogP contribution in [0.2, 0.25) is 0 Å². The average molecular weight is 547 g/mol. The summed E-state index contributed by atoms with van der Waals surface area (Å²) in [7, 11) is 1.63. The Morgan fingerprint density at radius 2 is 1.82 bits per heavy atom. The lowest BCUT2D eigenvalue weighted by Gasteiger charge is -2.25. The highest BCUT2D eigenvalue weighted by Crippen LogP contribution is 2.45. The van der Waals surface area contributed by atoms with Crippen molar-refractivity contribution in [3.63, 3.8) is 0 Å². The molecule has 1 heterocycles. The predicted molar refractivity (Wildman–Crippen MR) is 150 cm³/mol. The minimum absolute atomic E-state index is 0.0407. The fourth-order valence-corrected chi connectivity index (χ4v) is 7.23. The van der Waals surface area contributed by atoms with Gasteiger partial charge < -0.3 is 15.3 Å². The molecule has 8 heteroatoms. The molecule has 1 aromatic heterocycles. The standard InChI is InChI=1S/C30H27FN2O3S2/c1-36-23-13-11-20(12-14-23)22-15-24-27(26(16-22)33-35)30(37-18-19-7-3-2-4-8-19)38-28(24)29(34)32-17-21-9-5-6-10-25(21)31/h2-14,22,35H,15-18H2,1H3,(H,32,34)/b33-26+. The molecule has 38 heavy (non-hydrogen) atoms. The Balaban J connectivity index is 1.48. The van der Waals surface area contributed by atoms with Crippen molar-refractivity contribution in [2.75, 3.05) is 7.11 Å². The minimum Gasteiger partial charge on any atom is -0.497 e. The number of thiophene rings is 1. The van der Waals surface area contributed by atoms with Crippen molar-refractivity contribution >= 4 is 34.7 Å². The molecular formula is C30H27FN2O3S2. The van der Waals surface area contributed by atoms with Gasteiger partial charge in [-0.2, -0.15) is 0 Å². The molecule has 0 saturated heterocycles. The number of amides is 1. The van der Waals surface area contributed by atoms with Gasteiger partial charge in [0.2, 0.25) is 0 Å². The molecule has 0 saturated carbocycles. The monoisotopic (exact) mass is 546 g/mol. The van der Waals surface area contributed by atoms with Crippen molar-refractivity contribution in [3.05, 3.63) is 117 Å². The number of carbonyl (C=O) groups is 1. The van der Waals surface area contributed by atoms with E-state index in [-0.39, 0.29) is 24.2 Å². The van der Waals surface area contributed by atoms with Crippen LogP contribution < -0.4 is 10.1 Å². The van der Waals surface area contributed by atoms with Gasteiger partial charge in [-0.05, 0) is 47.2 Å².